The lowest BCUT2D eigenvalue weighted by Gasteiger charge is -2.12. The van der Waals surface area contributed by atoms with Gasteiger partial charge >= 0.3 is 0 Å². The van der Waals surface area contributed by atoms with Gasteiger partial charge in [-0.15, -0.1) is 0 Å². The highest BCUT2D eigenvalue weighted by Gasteiger charge is 2.18. The highest BCUT2D eigenvalue weighted by molar-refractivity contribution is 7.93. The van der Waals surface area contributed by atoms with E-state index in [0.717, 1.165) is 12.0 Å². The zero-order chi connectivity index (χ0) is 21.9. The lowest BCUT2D eigenvalue weighted by Crippen LogP contribution is -2.15. The molecule has 0 saturated carbocycles. The Morgan fingerprint density at radius 3 is 1.93 bits per heavy atom. The monoisotopic (exact) mass is 449 g/mol. The summed E-state index contributed by atoms with van der Waals surface area (Å²) in [5, 5.41) is 3.59. The number of anilines is 2. The number of rotatable bonds is 8. The van der Waals surface area contributed by atoms with Crippen molar-refractivity contribution in [3.05, 3.63) is 65.9 Å². The normalized spacial score (nSPS) is 13.0. The van der Waals surface area contributed by atoms with Crippen molar-refractivity contribution < 1.29 is 21.4 Å². The molecular weight excluding hydrogens is 426 g/mol. The molecule has 0 aliphatic carbocycles. The van der Waals surface area contributed by atoms with Gasteiger partial charge in [0, 0.05) is 11.8 Å². The first-order valence-corrected chi connectivity index (χ1v) is 12.3. The van der Waals surface area contributed by atoms with E-state index < -0.39 is 20.0 Å². The number of sulfonamides is 2. The minimum Gasteiger partial charge on any atom is -0.360 e. The van der Waals surface area contributed by atoms with Gasteiger partial charge in [-0.1, -0.05) is 31.1 Å². The molecule has 0 saturated heterocycles. The molecule has 2 aromatic carbocycles. The molecule has 0 radical (unpaired) electrons. The summed E-state index contributed by atoms with van der Waals surface area (Å²) in [4.78, 5) is 0.0957. The minimum absolute atomic E-state index is 0.0380. The summed E-state index contributed by atoms with van der Waals surface area (Å²) in [5.74, 6) is 0.881. The van der Waals surface area contributed by atoms with Crippen molar-refractivity contribution in [1.29, 1.82) is 0 Å². The van der Waals surface area contributed by atoms with Gasteiger partial charge in [-0.2, -0.15) is 0 Å². The van der Waals surface area contributed by atoms with Crippen molar-refractivity contribution in [2.45, 2.75) is 42.9 Å². The second-order valence-corrected chi connectivity index (χ2v) is 10.3. The highest BCUT2D eigenvalue weighted by atomic mass is 32.2. The molecule has 2 N–H and O–H groups in total. The summed E-state index contributed by atoms with van der Waals surface area (Å²) in [6, 6.07) is 13.6. The summed E-state index contributed by atoms with van der Waals surface area (Å²) in [5.41, 5.74) is 1.32. The van der Waals surface area contributed by atoms with Crippen molar-refractivity contribution in [3.63, 3.8) is 0 Å². The molecule has 0 amide bonds. The largest absolute Gasteiger partial charge is 0.360 e. The van der Waals surface area contributed by atoms with Crippen molar-refractivity contribution in [3.8, 4) is 0 Å². The third kappa shape index (κ3) is 5.00. The minimum atomic E-state index is -3.88. The van der Waals surface area contributed by atoms with E-state index in [1.165, 1.54) is 30.3 Å². The Bertz CT molecular complexity index is 1220. The van der Waals surface area contributed by atoms with Crippen LogP contribution in [0.3, 0.4) is 0 Å². The van der Waals surface area contributed by atoms with Crippen LogP contribution in [0.15, 0.2) is 68.9 Å². The Kier molecular flexibility index (Phi) is 6.18. The Hall–Kier alpha value is -2.85. The molecule has 0 bridgehead atoms. The average Bonchev–Trinajstić information content (AvgIpc) is 3.11. The molecule has 1 unspecified atom stereocenters. The summed E-state index contributed by atoms with van der Waals surface area (Å²) >= 11 is 0. The molecule has 1 aromatic heterocycles. The van der Waals surface area contributed by atoms with Crippen LogP contribution < -0.4 is 9.44 Å². The van der Waals surface area contributed by atoms with E-state index in [1.54, 1.807) is 31.2 Å². The van der Waals surface area contributed by atoms with Gasteiger partial charge in [0.05, 0.1) is 9.79 Å². The van der Waals surface area contributed by atoms with E-state index in [2.05, 4.69) is 28.4 Å². The highest BCUT2D eigenvalue weighted by Crippen LogP contribution is 2.23. The number of benzene rings is 2. The maximum absolute atomic E-state index is 12.6. The van der Waals surface area contributed by atoms with Crippen LogP contribution >= 0.6 is 0 Å². The molecule has 30 heavy (non-hydrogen) atoms. The molecule has 10 heteroatoms. The number of hydrogen-bond donors (Lipinski definition) is 2. The topological polar surface area (TPSA) is 118 Å². The number of hydrogen-bond acceptors (Lipinski definition) is 6. The third-order valence-electron chi connectivity index (χ3n) is 4.66. The second-order valence-electron chi connectivity index (χ2n) is 6.94. The maximum Gasteiger partial charge on any atom is 0.263 e. The molecule has 1 heterocycles. The molecule has 0 aliphatic heterocycles. The van der Waals surface area contributed by atoms with Crippen LogP contribution in [0.2, 0.25) is 0 Å². The van der Waals surface area contributed by atoms with Gasteiger partial charge in [-0.3, -0.25) is 9.44 Å². The van der Waals surface area contributed by atoms with Crippen LogP contribution in [0.4, 0.5) is 11.5 Å². The summed E-state index contributed by atoms with van der Waals surface area (Å²) in [6.45, 7) is 5.79. The quantitative estimate of drug-likeness (QED) is 0.534. The van der Waals surface area contributed by atoms with Crippen LogP contribution in [-0.2, 0) is 20.0 Å². The number of aryl methyl sites for hydroxylation is 1. The average molecular weight is 450 g/mol. The van der Waals surface area contributed by atoms with Gasteiger partial charge in [-0.05, 0) is 61.2 Å². The zero-order valence-electron chi connectivity index (χ0n) is 16.8. The number of aromatic nitrogens is 1. The Morgan fingerprint density at radius 1 is 0.900 bits per heavy atom. The molecular formula is C20H23N3O5S2. The molecule has 0 fully saturated rings. The lowest BCUT2D eigenvalue weighted by molar-refractivity contribution is 0.400. The van der Waals surface area contributed by atoms with E-state index in [1.807, 2.05) is 0 Å². The first-order valence-electron chi connectivity index (χ1n) is 9.29. The summed E-state index contributed by atoms with van der Waals surface area (Å²) < 4.78 is 59.6. The number of nitrogens with zero attached hydrogens (tertiary/aromatic N) is 1. The van der Waals surface area contributed by atoms with Gasteiger partial charge in [-0.25, -0.2) is 16.8 Å². The Balaban J connectivity index is 1.74. The van der Waals surface area contributed by atoms with Crippen LogP contribution in [-0.4, -0.2) is 22.0 Å². The van der Waals surface area contributed by atoms with Crippen molar-refractivity contribution in [1.82, 2.24) is 5.16 Å². The van der Waals surface area contributed by atoms with E-state index in [-0.39, 0.29) is 21.3 Å². The number of nitrogens with one attached hydrogen (secondary N) is 2. The van der Waals surface area contributed by atoms with Gasteiger partial charge in [0.25, 0.3) is 20.0 Å². The van der Waals surface area contributed by atoms with Crippen molar-refractivity contribution in [2.24, 2.45) is 0 Å². The van der Waals surface area contributed by atoms with E-state index in [9.17, 15) is 16.8 Å². The van der Waals surface area contributed by atoms with Crippen LogP contribution in [0.25, 0.3) is 0 Å². The van der Waals surface area contributed by atoms with Gasteiger partial charge in [0.15, 0.2) is 5.82 Å². The van der Waals surface area contributed by atoms with Crippen molar-refractivity contribution >= 4 is 31.6 Å². The molecule has 0 spiro atoms. The first-order chi connectivity index (χ1) is 14.1. The van der Waals surface area contributed by atoms with E-state index in [0.29, 0.717) is 11.7 Å². The fourth-order valence-electron chi connectivity index (χ4n) is 2.74. The van der Waals surface area contributed by atoms with Gasteiger partial charge in [0.2, 0.25) is 0 Å². The fourth-order valence-corrected chi connectivity index (χ4v) is 4.78. The summed E-state index contributed by atoms with van der Waals surface area (Å²) in [6.07, 6.45) is 0.963. The second kappa shape index (κ2) is 8.49. The van der Waals surface area contributed by atoms with Crippen LogP contribution in [0, 0.1) is 6.92 Å². The lowest BCUT2D eigenvalue weighted by atomic mass is 9.99. The summed E-state index contributed by atoms with van der Waals surface area (Å²) in [7, 11) is -7.67. The Labute approximate surface area is 176 Å². The zero-order valence-corrected chi connectivity index (χ0v) is 18.4. The smallest absolute Gasteiger partial charge is 0.263 e. The van der Waals surface area contributed by atoms with Gasteiger partial charge in [0.1, 0.15) is 5.76 Å². The predicted molar refractivity (Wildman–Crippen MR) is 114 cm³/mol. The van der Waals surface area contributed by atoms with E-state index >= 15 is 0 Å². The van der Waals surface area contributed by atoms with Crippen molar-refractivity contribution in [2.75, 3.05) is 9.44 Å². The fraction of sp³-hybridized carbons (Fsp3) is 0.250. The standard InChI is InChI=1S/C20H23N3O5S2/c1-4-14(2)16-5-9-18(10-6-16)29(24,25)22-17-7-11-19(12-8-17)30(26,27)23-20-13-15(3)28-21-20/h5-14,22H,4H2,1-3H3,(H,21,23). The molecule has 0 aliphatic rings. The van der Waals surface area contributed by atoms with Gasteiger partial charge < -0.3 is 4.52 Å². The first kappa shape index (κ1) is 21.8. The third-order valence-corrected chi connectivity index (χ3v) is 7.42. The van der Waals surface area contributed by atoms with E-state index in [4.69, 9.17) is 4.52 Å². The molecule has 160 valence electrons. The molecule has 1 atom stereocenters. The van der Waals surface area contributed by atoms with Crippen LogP contribution in [0.1, 0.15) is 37.5 Å². The van der Waals surface area contributed by atoms with Crippen LogP contribution in [0.5, 0.6) is 0 Å². The molecule has 3 rings (SSSR count). The predicted octanol–water partition coefficient (Wildman–Crippen LogP) is 4.10. The molecule has 8 nitrogen and oxygen atoms in total. The Morgan fingerprint density at radius 2 is 1.43 bits per heavy atom. The maximum atomic E-state index is 12.6. The SMILES string of the molecule is CCC(C)c1ccc(S(=O)(=O)Nc2ccc(S(=O)(=O)Nc3cc(C)on3)cc2)cc1. The molecule has 3 aromatic rings.